The van der Waals surface area contributed by atoms with E-state index < -0.39 is 0 Å². The molecule has 0 aliphatic rings. The molecule has 0 saturated carbocycles. The van der Waals surface area contributed by atoms with E-state index in [1.165, 1.54) is 0 Å². The zero-order valence-corrected chi connectivity index (χ0v) is 11.0. The number of hydrogen-bond acceptors (Lipinski definition) is 4. The largest absolute Gasteiger partial charge is 0.393 e. The van der Waals surface area contributed by atoms with Crippen molar-refractivity contribution in [2.45, 2.75) is 40.2 Å². The first-order valence-electron chi connectivity index (χ1n) is 5.48. The summed E-state index contributed by atoms with van der Waals surface area (Å²) in [4.78, 5) is 8.55. The van der Waals surface area contributed by atoms with E-state index in [1.807, 2.05) is 13.8 Å². The molecule has 0 saturated heterocycles. The van der Waals surface area contributed by atoms with Crippen LogP contribution in [0.4, 0.5) is 11.5 Å². The second-order valence-corrected chi connectivity index (χ2v) is 4.95. The van der Waals surface area contributed by atoms with Gasteiger partial charge in [-0.15, -0.1) is 0 Å². The SMILES string of the molecule is CC(C)Cc1nc(Cl)c(N)c(NC(C)C)n1. The molecule has 0 aliphatic carbocycles. The molecule has 1 aromatic heterocycles. The number of nitrogens with one attached hydrogen (secondary N) is 1. The number of nitrogens with two attached hydrogens (primary N) is 1. The molecule has 16 heavy (non-hydrogen) atoms. The summed E-state index contributed by atoms with van der Waals surface area (Å²) < 4.78 is 0. The lowest BCUT2D eigenvalue weighted by atomic mass is 10.1. The molecule has 4 nitrogen and oxygen atoms in total. The van der Waals surface area contributed by atoms with Crippen LogP contribution in [0.15, 0.2) is 0 Å². The summed E-state index contributed by atoms with van der Waals surface area (Å²) in [5.74, 6) is 1.86. The van der Waals surface area contributed by atoms with E-state index in [9.17, 15) is 0 Å². The normalized spacial score (nSPS) is 11.2. The summed E-state index contributed by atoms with van der Waals surface area (Å²) >= 11 is 5.97. The number of halogens is 1. The molecule has 0 spiro atoms. The van der Waals surface area contributed by atoms with Gasteiger partial charge in [0.2, 0.25) is 0 Å². The van der Waals surface area contributed by atoms with Crippen molar-refractivity contribution >= 4 is 23.1 Å². The Labute approximate surface area is 102 Å². The molecule has 0 radical (unpaired) electrons. The van der Waals surface area contributed by atoms with Crippen molar-refractivity contribution in [3.63, 3.8) is 0 Å². The first-order chi connectivity index (χ1) is 7.40. The molecule has 0 fully saturated rings. The van der Waals surface area contributed by atoms with Gasteiger partial charge in [-0.05, 0) is 19.8 Å². The fraction of sp³-hybridized carbons (Fsp3) is 0.636. The van der Waals surface area contributed by atoms with E-state index in [4.69, 9.17) is 17.3 Å². The highest BCUT2D eigenvalue weighted by Gasteiger charge is 2.11. The van der Waals surface area contributed by atoms with Crippen LogP contribution in [-0.4, -0.2) is 16.0 Å². The number of anilines is 2. The quantitative estimate of drug-likeness (QED) is 0.797. The van der Waals surface area contributed by atoms with E-state index in [0.717, 1.165) is 12.2 Å². The third kappa shape index (κ3) is 3.52. The van der Waals surface area contributed by atoms with Crippen molar-refractivity contribution in [1.82, 2.24) is 9.97 Å². The Kier molecular flexibility index (Phi) is 4.35. The van der Waals surface area contributed by atoms with Crippen LogP contribution >= 0.6 is 11.6 Å². The minimum absolute atomic E-state index is 0.264. The molecule has 3 N–H and O–H groups in total. The van der Waals surface area contributed by atoms with E-state index >= 15 is 0 Å². The summed E-state index contributed by atoms with van der Waals surface area (Å²) in [6.07, 6.45) is 0.798. The van der Waals surface area contributed by atoms with Crippen LogP contribution in [0.1, 0.15) is 33.5 Å². The van der Waals surface area contributed by atoms with Gasteiger partial charge < -0.3 is 11.1 Å². The van der Waals surface area contributed by atoms with Gasteiger partial charge in [-0.3, -0.25) is 0 Å². The van der Waals surface area contributed by atoms with E-state index in [2.05, 4.69) is 29.1 Å². The van der Waals surface area contributed by atoms with Gasteiger partial charge in [-0.2, -0.15) is 0 Å². The van der Waals surface area contributed by atoms with E-state index in [1.54, 1.807) is 0 Å². The van der Waals surface area contributed by atoms with Gasteiger partial charge in [0.05, 0.1) is 0 Å². The second kappa shape index (κ2) is 5.34. The fourth-order valence-corrected chi connectivity index (χ4v) is 1.51. The Balaban J connectivity index is 3.01. The first kappa shape index (κ1) is 13.0. The summed E-state index contributed by atoms with van der Waals surface area (Å²) in [5.41, 5.74) is 6.23. The molecule has 0 unspecified atom stereocenters. The minimum atomic E-state index is 0.264. The Morgan fingerprint density at radius 1 is 1.25 bits per heavy atom. The average Bonchev–Trinajstić information content (AvgIpc) is 2.11. The monoisotopic (exact) mass is 242 g/mol. The van der Waals surface area contributed by atoms with Crippen molar-refractivity contribution in [2.24, 2.45) is 5.92 Å². The zero-order valence-electron chi connectivity index (χ0n) is 10.2. The number of aromatic nitrogens is 2. The van der Waals surface area contributed by atoms with Crippen LogP contribution in [-0.2, 0) is 6.42 Å². The van der Waals surface area contributed by atoms with Gasteiger partial charge in [-0.25, -0.2) is 9.97 Å². The van der Waals surface area contributed by atoms with Crippen LogP contribution in [0.25, 0.3) is 0 Å². The molecule has 5 heteroatoms. The van der Waals surface area contributed by atoms with Crippen molar-refractivity contribution < 1.29 is 0 Å². The Morgan fingerprint density at radius 3 is 2.38 bits per heavy atom. The van der Waals surface area contributed by atoms with Gasteiger partial charge in [0.15, 0.2) is 11.0 Å². The molecule has 0 aromatic carbocycles. The van der Waals surface area contributed by atoms with Gasteiger partial charge in [0, 0.05) is 12.5 Å². The van der Waals surface area contributed by atoms with Crippen LogP contribution < -0.4 is 11.1 Å². The van der Waals surface area contributed by atoms with Crippen LogP contribution in [0.2, 0.25) is 5.15 Å². The summed E-state index contributed by atoms with van der Waals surface area (Å²) in [6, 6.07) is 0.264. The minimum Gasteiger partial charge on any atom is -0.393 e. The lowest BCUT2D eigenvalue weighted by molar-refractivity contribution is 0.621. The van der Waals surface area contributed by atoms with E-state index in [-0.39, 0.29) is 6.04 Å². The van der Waals surface area contributed by atoms with Crippen molar-refractivity contribution in [3.05, 3.63) is 11.0 Å². The second-order valence-electron chi connectivity index (χ2n) is 4.59. The van der Waals surface area contributed by atoms with Crippen molar-refractivity contribution in [1.29, 1.82) is 0 Å². The van der Waals surface area contributed by atoms with Crippen LogP contribution in [0.5, 0.6) is 0 Å². The highest BCUT2D eigenvalue weighted by atomic mass is 35.5. The first-order valence-corrected chi connectivity index (χ1v) is 5.86. The Bertz CT molecular complexity index is 363. The van der Waals surface area contributed by atoms with Gasteiger partial charge in [0.25, 0.3) is 0 Å². The highest BCUT2D eigenvalue weighted by Crippen LogP contribution is 2.24. The molecular formula is C11H19ClN4. The van der Waals surface area contributed by atoms with Gasteiger partial charge in [0.1, 0.15) is 11.5 Å². The van der Waals surface area contributed by atoms with E-state index in [0.29, 0.717) is 22.6 Å². The maximum atomic E-state index is 5.97. The number of nitrogens with zero attached hydrogens (tertiary/aromatic N) is 2. The zero-order chi connectivity index (χ0) is 12.3. The molecule has 0 amide bonds. The molecule has 1 aromatic rings. The summed E-state index contributed by atoms with van der Waals surface area (Å²) in [7, 11) is 0. The van der Waals surface area contributed by atoms with Crippen LogP contribution in [0.3, 0.4) is 0 Å². The average molecular weight is 243 g/mol. The third-order valence-electron chi connectivity index (χ3n) is 1.96. The van der Waals surface area contributed by atoms with Crippen LogP contribution in [0, 0.1) is 5.92 Å². The molecule has 0 aliphatic heterocycles. The van der Waals surface area contributed by atoms with Gasteiger partial charge >= 0.3 is 0 Å². The molecule has 1 rings (SSSR count). The highest BCUT2D eigenvalue weighted by molar-refractivity contribution is 6.32. The lowest BCUT2D eigenvalue weighted by Crippen LogP contribution is -2.15. The van der Waals surface area contributed by atoms with Gasteiger partial charge in [-0.1, -0.05) is 25.4 Å². The molecule has 0 atom stereocenters. The molecule has 1 heterocycles. The molecule has 90 valence electrons. The Hall–Kier alpha value is -1.03. The fourth-order valence-electron chi connectivity index (χ4n) is 1.33. The standard InChI is InChI=1S/C11H19ClN4/c1-6(2)5-8-15-10(12)9(13)11(16-8)14-7(3)4/h6-7H,5,13H2,1-4H3,(H,14,15,16). The number of nitrogen functional groups attached to an aromatic ring is 1. The summed E-state index contributed by atoms with van der Waals surface area (Å²) in [6.45, 7) is 8.28. The lowest BCUT2D eigenvalue weighted by Gasteiger charge is -2.14. The maximum Gasteiger partial charge on any atom is 0.157 e. The van der Waals surface area contributed by atoms with Crippen molar-refractivity contribution in [3.8, 4) is 0 Å². The Morgan fingerprint density at radius 2 is 1.88 bits per heavy atom. The van der Waals surface area contributed by atoms with Crippen molar-refractivity contribution in [2.75, 3.05) is 11.1 Å². The third-order valence-corrected chi connectivity index (χ3v) is 2.25. The summed E-state index contributed by atoms with van der Waals surface area (Å²) in [5, 5.41) is 3.49. The number of hydrogen-bond donors (Lipinski definition) is 2. The smallest absolute Gasteiger partial charge is 0.157 e. The molecule has 0 bridgehead atoms. The number of rotatable bonds is 4. The molecular weight excluding hydrogens is 224 g/mol. The predicted molar refractivity (Wildman–Crippen MR) is 68.8 cm³/mol. The maximum absolute atomic E-state index is 5.97. The predicted octanol–water partition coefficient (Wildman–Crippen LogP) is 2.73. The topological polar surface area (TPSA) is 63.8 Å².